The van der Waals surface area contributed by atoms with Gasteiger partial charge in [-0.05, 0) is 24.6 Å². The molecule has 5 nitrogen and oxygen atoms in total. The fraction of sp³-hybridized carbons (Fsp3) is 0.267. The van der Waals surface area contributed by atoms with Crippen LogP contribution in [-0.4, -0.2) is 22.4 Å². The highest BCUT2D eigenvalue weighted by molar-refractivity contribution is 6.35. The minimum Gasteiger partial charge on any atom is -0.354 e. The number of hydrogen-bond acceptors (Lipinski definition) is 4. The minimum atomic E-state index is -0.321. The van der Waals surface area contributed by atoms with Crippen LogP contribution in [0.4, 0.5) is 11.6 Å². The van der Waals surface area contributed by atoms with E-state index in [0.29, 0.717) is 27.2 Å². The maximum atomic E-state index is 12.1. The van der Waals surface area contributed by atoms with Gasteiger partial charge >= 0.3 is 0 Å². The number of nitrogens with zero attached hydrogens (tertiary/aromatic N) is 2. The van der Waals surface area contributed by atoms with E-state index < -0.39 is 0 Å². The summed E-state index contributed by atoms with van der Waals surface area (Å²) in [6, 6.07) is 4.83. The molecule has 7 heteroatoms. The van der Waals surface area contributed by atoms with Crippen molar-refractivity contribution in [2.75, 3.05) is 17.2 Å². The molecule has 22 heavy (non-hydrogen) atoms. The van der Waals surface area contributed by atoms with Crippen LogP contribution in [0.25, 0.3) is 0 Å². The van der Waals surface area contributed by atoms with Gasteiger partial charge < -0.3 is 10.6 Å². The van der Waals surface area contributed by atoms with E-state index >= 15 is 0 Å². The molecule has 0 bridgehead atoms. The summed E-state index contributed by atoms with van der Waals surface area (Å²) in [5.74, 6) is 0.189. The van der Waals surface area contributed by atoms with Crippen LogP contribution in [0, 0.1) is 0 Å². The Kier molecular flexibility index (Phi) is 5.98. The van der Waals surface area contributed by atoms with Gasteiger partial charge in [-0.1, -0.05) is 36.5 Å². The molecule has 0 atom stereocenters. The first-order chi connectivity index (χ1) is 10.6. The summed E-state index contributed by atoms with van der Waals surface area (Å²) in [4.78, 5) is 20.3. The van der Waals surface area contributed by atoms with Crippen molar-refractivity contribution in [3.8, 4) is 0 Å². The third-order valence-electron chi connectivity index (χ3n) is 2.85. The van der Waals surface area contributed by atoms with E-state index in [4.69, 9.17) is 23.2 Å². The van der Waals surface area contributed by atoms with Crippen LogP contribution in [0.2, 0.25) is 10.0 Å². The maximum Gasteiger partial charge on any atom is 0.258 e. The van der Waals surface area contributed by atoms with Gasteiger partial charge in [0.2, 0.25) is 5.95 Å². The van der Waals surface area contributed by atoms with E-state index in [1.807, 2.05) is 0 Å². The highest BCUT2D eigenvalue weighted by Crippen LogP contribution is 2.22. The Morgan fingerprint density at radius 2 is 1.77 bits per heavy atom. The maximum absolute atomic E-state index is 12.1. The number of carbonyl (C=O) groups is 1. The molecule has 0 aliphatic rings. The number of anilines is 2. The number of nitrogens with one attached hydrogen (secondary N) is 2. The van der Waals surface area contributed by atoms with Gasteiger partial charge in [-0.15, -0.1) is 0 Å². The summed E-state index contributed by atoms with van der Waals surface area (Å²) in [6.07, 6.45) is 5.09. The molecule has 1 aromatic carbocycles. The summed E-state index contributed by atoms with van der Waals surface area (Å²) in [6.45, 7) is 2.92. The summed E-state index contributed by atoms with van der Waals surface area (Å²) in [5.41, 5.74) is 0.879. The third-order valence-corrected chi connectivity index (χ3v) is 3.28. The SMILES string of the molecule is CCCCNc1ncc(C(=O)Nc2cc(Cl)cc(Cl)c2)cn1. The number of aromatic nitrogens is 2. The Bertz CT molecular complexity index is 626. The summed E-state index contributed by atoms with van der Waals surface area (Å²) >= 11 is 11.8. The highest BCUT2D eigenvalue weighted by Gasteiger charge is 2.08. The van der Waals surface area contributed by atoms with Crippen molar-refractivity contribution in [3.63, 3.8) is 0 Å². The fourth-order valence-corrected chi connectivity index (χ4v) is 2.27. The van der Waals surface area contributed by atoms with Crippen molar-refractivity contribution in [2.24, 2.45) is 0 Å². The average Bonchev–Trinajstić information content (AvgIpc) is 2.47. The van der Waals surface area contributed by atoms with Gasteiger partial charge in [-0.25, -0.2) is 9.97 Å². The van der Waals surface area contributed by atoms with Crippen molar-refractivity contribution < 1.29 is 4.79 Å². The summed E-state index contributed by atoms with van der Waals surface area (Å²) in [7, 11) is 0. The Hall–Kier alpha value is -1.85. The van der Waals surface area contributed by atoms with Crippen LogP contribution in [-0.2, 0) is 0 Å². The molecule has 0 saturated carbocycles. The zero-order valence-corrected chi connectivity index (χ0v) is 13.6. The molecule has 1 aromatic heterocycles. The average molecular weight is 339 g/mol. The van der Waals surface area contributed by atoms with Crippen LogP contribution >= 0.6 is 23.2 Å². The fourth-order valence-electron chi connectivity index (χ4n) is 1.74. The second kappa shape index (κ2) is 7.96. The number of benzene rings is 1. The zero-order chi connectivity index (χ0) is 15.9. The lowest BCUT2D eigenvalue weighted by Gasteiger charge is -2.07. The third kappa shape index (κ3) is 4.86. The molecular weight excluding hydrogens is 323 g/mol. The number of carbonyl (C=O) groups excluding carboxylic acids is 1. The molecule has 0 aliphatic carbocycles. The quantitative estimate of drug-likeness (QED) is 0.772. The number of unbranched alkanes of at least 4 members (excludes halogenated alkanes) is 1. The van der Waals surface area contributed by atoms with E-state index in [-0.39, 0.29) is 5.91 Å². The van der Waals surface area contributed by atoms with Gasteiger partial charge in [0, 0.05) is 34.7 Å². The molecule has 1 heterocycles. The van der Waals surface area contributed by atoms with E-state index in [2.05, 4.69) is 27.5 Å². The van der Waals surface area contributed by atoms with Gasteiger partial charge in [0.25, 0.3) is 5.91 Å². The lowest BCUT2D eigenvalue weighted by molar-refractivity contribution is 0.102. The zero-order valence-electron chi connectivity index (χ0n) is 12.1. The van der Waals surface area contributed by atoms with Crippen LogP contribution in [0.3, 0.4) is 0 Å². The van der Waals surface area contributed by atoms with Crippen molar-refractivity contribution in [1.29, 1.82) is 0 Å². The Morgan fingerprint density at radius 3 is 2.36 bits per heavy atom. The van der Waals surface area contributed by atoms with Gasteiger partial charge in [0.15, 0.2) is 0 Å². The van der Waals surface area contributed by atoms with Crippen LogP contribution < -0.4 is 10.6 Å². The molecule has 0 saturated heterocycles. The topological polar surface area (TPSA) is 66.9 Å². The van der Waals surface area contributed by atoms with Gasteiger partial charge in [-0.2, -0.15) is 0 Å². The highest BCUT2D eigenvalue weighted by atomic mass is 35.5. The van der Waals surface area contributed by atoms with E-state index in [1.54, 1.807) is 18.2 Å². The monoisotopic (exact) mass is 338 g/mol. The molecule has 2 rings (SSSR count). The predicted octanol–water partition coefficient (Wildman–Crippen LogP) is 4.25. The molecule has 2 N–H and O–H groups in total. The van der Waals surface area contributed by atoms with E-state index in [0.717, 1.165) is 19.4 Å². The lowest BCUT2D eigenvalue weighted by Crippen LogP contribution is -2.13. The van der Waals surface area contributed by atoms with Crippen LogP contribution in [0.15, 0.2) is 30.6 Å². The molecular formula is C15H16Cl2N4O. The van der Waals surface area contributed by atoms with Crippen molar-refractivity contribution in [1.82, 2.24) is 9.97 Å². The van der Waals surface area contributed by atoms with Crippen LogP contribution in [0.1, 0.15) is 30.1 Å². The minimum absolute atomic E-state index is 0.321. The van der Waals surface area contributed by atoms with Crippen molar-refractivity contribution >= 4 is 40.7 Å². The van der Waals surface area contributed by atoms with Crippen molar-refractivity contribution in [3.05, 3.63) is 46.2 Å². The second-order valence-electron chi connectivity index (χ2n) is 4.69. The molecule has 0 aliphatic heterocycles. The van der Waals surface area contributed by atoms with Gasteiger partial charge in [0.05, 0.1) is 5.56 Å². The summed E-state index contributed by atoms with van der Waals surface area (Å²) < 4.78 is 0. The number of halogens is 2. The van der Waals surface area contributed by atoms with E-state index in [9.17, 15) is 4.79 Å². The summed E-state index contributed by atoms with van der Waals surface area (Å²) in [5, 5.41) is 6.70. The molecule has 0 radical (unpaired) electrons. The molecule has 0 unspecified atom stereocenters. The molecule has 1 amide bonds. The Balaban J connectivity index is 2.00. The first-order valence-corrected chi connectivity index (χ1v) is 7.67. The Morgan fingerprint density at radius 1 is 1.14 bits per heavy atom. The lowest BCUT2D eigenvalue weighted by atomic mass is 10.2. The smallest absolute Gasteiger partial charge is 0.258 e. The van der Waals surface area contributed by atoms with Gasteiger partial charge in [0.1, 0.15) is 0 Å². The number of amides is 1. The Labute approximate surface area is 139 Å². The number of rotatable bonds is 6. The standard InChI is InChI=1S/C15H16Cl2N4O/c1-2-3-4-18-15-19-8-10(9-20-15)14(22)21-13-6-11(16)5-12(17)7-13/h5-9H,2-4H2,1H3,(H,21,22)(H,18,19,20). The molecule has 0 fully saturated rings. The normalized spacial score (nSPS) is 10.3. The second-order valence-corrected chi connectivity index (χ2v) is 5.56. The van der Waals surface area contributed by atoms with Gasteiger partial charge in [-0.3, -0.25) is 4.79 Å². The first-order valence-electron chi connectivity index (χ1n) is 6.92. The largest absolute Gasteiger partial charge is 0.354 e. The van der Waals surface area contributed by atoms with Crippen molar-refractivity contribution in [2.45, 2.75) is 19.8 Å². The molecule has 116 valence electrons. The van der Waals surface area contributed by atoms with Crippen LogP contribution in [0.5, 0.6) is 0 Å². The molecule has 0 spiro atoms. The molecule has 2 aromatic rings. The predicted molar refractivity (Wildman–Crippen MR) is 89.8 cm³/mol. The van der Waals surface area contributed by atoms with E-state index in [1.165, 1.54) is 12.4 Å². The first kappa shape index (κ1) is 16.5. The number of hydrogen-bond donors (Lipinski definition) is 2.